The highest BCUT2D eigenvalue weighted by atomic mass is 28.2. The molecule has 0 heterocycles. The number of hydrogen-bond acceptors (Lipinski definition) is 2. The van der Waals surface area contributed by atoms with Gasteiger partial charge in [-0.3, -0.25) is 0 Å². The van der Waals surface area contributed by atoms with Crippen LogP contribution in [0.2, 0.25) is 0 Å². The highest BCUT2D eigenvalue weighted by Crippen LogP contribution is 2.27. The van der Waals surface area contributed by atoms with Crippen LogP contribution in [0.15, 0.2) is 0 Å². The first-order chi connectivity index (χ1) is 8.21. The number of hydrogen-bond donors (Lipinski definition) is 1. The molecule has 0 saturated heterocycles. The summed E-state index contributed by atoms with van der Waals surface area (Å²) < 4.78 is 70.1. The molecule has 0 aliphatic heterocycles. The Morgan fingerprint density at radius 2 is 1.33 bits per heavy atom. The molecule has 0 aliphatic carbocycles. The van der Waals surface area contributed by atoms with Crippen LogP contribution in [0.1, 0.15) is 13.8 Å². The standard InChI is InChI=1S/C10H12F5NOSi/c1-10(2,17-18)3-16-9-7(14)5(12)4(11)6(13)8(9)15/h16H,3H2,1-2,18H3. The molecule has 0 aliphatic rings. The summed E-state index contributed by atoms with van der Waals surface area (Å²) in [5.41, 5.74) is -1.80. The van der Waals surface area contributed by atoms with Gasteiger partial charge < -0.3 is 9.74 Å². The lowest BCUT2D eigenvalue weighted by Gasteiger charge is -2.25. The van der Waals surface area contributed by atoms with Crippen LogP contribution in [0.3, 0.4) is 0 Å². The lowest BCUT2D eigenvalue weighted by molar-refractivity contribution is 0.138. The first kappa shape index (κ1) is 14.9. The molecule has 8 heteroatoms. The molecule has 1 aromatic carbocycles. The molecule has 0 atom stereocenters. The van der Waals surface area contributed by atoms with Crippen molar-refractivity contribution in [3.8, 4) is 0 Å². The summed E-state index contributed by atoms with van der Waals surface area (Å²) in [6.07, 6.45) is 0. The van der Waals surface area contributed by atoms with Gasteiger partial charge in [0.2, 0.25) is 5.82 Å². The Morgan fingerprint density at radius 3 is 1.72 bits per heavy atom. The Morgan fingerprint density at radius 1 is 0.944 bits per heavy atom. The van der Waals surface area contributed by atoms with Gasteiger partial charge in [-0.15, -0.1) is 0 Å². The molecule has 0 fully saturated rings. The molecule has 2 nitrogen and oxygen atoms in total. The summed E-state index contributed by atoms with van der Waals surface area (Å²) in [5.74, 6) is -9.87. The summed E-state index contributed by atoms with van der Waals surface area (Å²) in [7, 11) is 0.380. The van der Waals surface area contributed by atoms with Crippen LogP contribution in [-0.2, 0) is 4.43 Å². The monoisotopic (exact) mass is 285 g/mol. The van der Waals surface area contributed by atoms with Gasteiger partial charge in [0.05, 0.1) is 5.60 Å². The van der Waals surface area contributed by atoms with Crippen LogP contribution in [0.4, 0.5) is 27.6 Å². The topological polar surface area (TPSA) is 21.3 Å². The quantitative estimate of drug-likeness (QED) is 0.395. The summed E-state index contributed by atoms with van der Waals surface area (Å²) >= 11 is 0. The van der Waals surface area contributed by atoms with E-state index in [1.165, 1.54) is 0 Å². The molecule has 1 rings (SSSR count). The molecule has 18 heavy (non-hydrogen) atoms. The van der Waals surface area contributed by atoms with E-state index in [-0.39, 0.29) is 6.54 Å². The summed E-state index contributed by atoms with van der Waals surface area (Å²) in [6.45, 7) is 3.16. The Labute approximate surface area is 104 Å². The number of benzene rings is 1. The number of anilines is 1. The third-order valence-corrected chi connectivity index (χ3v) is 3.56. The SMILES string of the molecule is CC(C)(CNc1c(F)c(F)c(F)c(F)c1F)O[SiH3]. The molecule has 0 spiro atoms. The van der Waals surface area contributed by atoms with E-state index in [4.69, 9.17) is 4.43 Å². The number of rotatable bonds is 4. The largest absolute Gasteiger partial charge is 0.421 e. The van der Waals surface area contributed by atoms with Gasteiger partial charge >= 0.3 is 0 Å². The molecular weight excluding hydrogens is 273 g/mol. The zero-order chi connectivity index (χ0) is 14.1. The van der Waals surface area contributed by atoms with Crippen molar-refractivity contribution in [3.05, 3.63) is 29.1 Å². The van der Waals surface area contributed by atoms with Gasteiger partial charge in [0, 0.05) is 6.54 Å². The van der Waals surface area contributed by atoms with E-state index in [2.05, 4.69) is 5.32 Å². The van der Waals surface area contributed by atoms with E-state index in [0.717, 1.165) is 0 Å². The first-order valence-electron chi connectivity index (χ1n) is 5.01. The number of nitrogens with one attached hydrogen (secondary N) is 1. The van der Waals surface area contributed by atoms with Gasteiger partial charge in [0.15, 0.2) is 23.3 Å². The molecule has 102 valence electrons. The highest BCUT2D eigenvalue weighted by Gasteiger charge is 2.27. The molecule has 0 saturated carbocycles. The molecule has 0 amide bonds. The fourth-order valence-electron chi connectivity index (χ4n) is 1.13. The van der Waals surface area contributed by atoms with E-state index in [1.807, 2.05) is 0 Å². The van der Waals surface area contributed by atoms with Crippen molar-refractivity contribution in [2.45, 2.75) is 19.4 Å². The third-order valence-electron chi connectivity index (χ3n) is 2.45. The summed E-state index contributed by atoms with van der Waals surface area (Å²) in [5, 5.41) is 2.18. The van der Waals surface area contributed by atoms with E-state index >= 15 is 0 Å². The predicted octanol–water partition coefficient (Wildman–Crippen LogP) is 1.87. The lowest BCUT2D eigenvalue weighted by atomic mass is 10.1. The smallest absolute Gasteiger partial charge is 0.200 e. The second kappa shape index (κ2) is 5.23. The molecular formula is C10H12F5NOSi. The molecule has 0 bridgehead atoms. The Hall–Kier alpha value is -1.15. The van der Waals surface area contributed by atoms with Crippen molar-refractivity contribution in [2.75, 3.05) is 11.9 Å². The maximum Gasteiger partial charge on any atom is 0.200 e. The minimum atomic E-state index is -2.17. The minimum absolute atomic E-state index is 0.0884. The van der Waals surface area contributed by atoms with E-state index < -0.39 is 40.4 Å². The van der Waals surface area contributed by atoms with Gasteiger partial charge in [0.1, 0.15) is 16.2 Å². The van der Waals surface area contributed by atoms with E-state index in [9.17, 15) is 22.0 Å². The van der Waals surface area contributed by atoms with Crippen molar-refractivity contribution in [1.82, 2.24) is 0 Å². The van der Waals surface area contributed by atoms with Crippen molar-refractivity contribution in [1.29, 1.82) is 0 Å². The van der Waals surface area contributed by atoms with Crippen LogP contribution in [0, 0.1) is 29.1 Å². The highest BCUT2D eigenvalue weighted by molar-refractivity contribution is 5.98. The van der Waals surface area contributed by atoms with Gasteiger partial charge in [-0.25, -0.2) is 22.0 Å². The molecule has 1 N–H and O–H groups in total. The fraction of sp³-hybridized carbons (Fsp3) is 0.400. The third kappa shape index (κ3) is 2.81. The predicted molar refractivity (Wildman–Crippen MR) is 59.8 cm³/mol. The van der Waals surface area contributed by atoms with Crippen molar-refractivity contribution < 1.29 is 26.4 Å². The van der Waals surface area contributed by atoms with E-state index in [0.29, 0.717) is 10.5 Å². The maximum absolute atomic E-state index is 13.3. The second-order valence-electron chi connectivity index (χ2n) is 4.26. The normalized spacial score (nSPS) is 11.9. The molecule has 0 aromatic heterocycles. The zero-order valence-electron chi connectivity index (χ0n) is 10.0. The van der Waals surface area contributed by atoms with Crippen molar-refractivity contribution in [2.24, 2.45) is 0 Å². The van der Waals surface area contributed by atoms with Gasteiger partial charge in [-0.1, -0.05) is 0 Å². The zero-order valence-corrected chi connectivity index (χ0v) is 12.0. The van der Waals surface area contributed by atoms with Gasteiger partial charge in [-0.2, -0.15) is 0 Å². The van der Waals surface area contributed by atoms with Crippen LogP contribution in [-0.4, -0.2) is 22.6 Å². The van der Waals surface area contributed by atoms with Crippen LogP contribution in [0.5, 0.6) is 0 Å². The van der Waals surface area contributed by atoms with Crippen molar-refractivity contribution >= 4 is 16.2 Å². The maximum atomic E-state index is 13.3. The lowest BCUT2D eigenvalue weighted by Crippen LogP contribution is -2.33. The Bertz CT molecular complexity index is 437. The van der Waals surface area contributed by atoms with Crippen LogP contribution < -0.4 is 5.32 Å². The first-order valence-corrected chi connectivity index (χ1v) is 5.83. The van der Waals surface area contributed by atoms with Gasteiger partial charge in [-0.05, 0) is 13.8 Å². The summed E-state index contributed by atoms with van der Waals surface area (Å²) in [6, 6.07) is 0. The van der Waals surface area contributed by atoms with Crippen LogP contribution >= 0.6 is 0 Å². The average Bonchev–Trinajstić information content (AvgIpc) is 2.34. The second-order valence-corrected chi connectivity index (χ2v) is 4.67. The molecule has 0 radical (unpaired) electrons. The Balaban J connectivity index is 3.11. The van der Waals surface area contributed by atoms with Gasteiger partial charge in [0.25, 0.3) is 0 Å². The van der Waals surface area contributed by atoms with Crippen LogP contribution in [0.25, 0.3) is 0 Å². The fourth-order valence-corrected chi connectivity index (χ4v) is 1.28. The van der Waals surface area contributed by atoms with Crippen molar-refractivity contribution in [3.63, 3.8) is 0 Å². The summed E-state index contributed by atoms with van der Waals surface area (Å²) in [4.78, 5) is 0. The average molecular weight is 285 g/mol. The minimum Gasteiger partial charge on any atom is -0.421 e. The molecule has 0 unspecified atom stereocenters. The molecule has 1 aromatic rings. The Kier molecular flexibility index (Phi) is 4.33. The number of halogens is 5. The van der Waals surface area contributed by atoms with E-state index in [1.54, 1.807) is 13.8 Å².